The topological polar surface area (TPSA) is 93.4 Å². The molecular weight excluding hydrogens is 282 g/mol. The first-order valence-corrected chi connectivity index (χ1v) is 7.07. The first-order valence-electron chi connectivity index (χ1n) is 7.07. The third-order valence-electron chi connectivity index (χ3n) is 3.85. The normalized spacial score (nSPS) is 16.3. The van der Waals surface area contributed by atoms with Crippen molar-refractivity contribution >= 4 is 28.3 Å². The molecule has 6 heteroatoms. The third-order valence-corrected chi connectivity index (χ3v) is 3.85. The van der Waals surface area contributed by atoms with Crippen LogP contribution < -0.4 is 16.5 Å². The van der Waals surface area contributed by atoms with E-state index in [9.17, 15) is 9.59 Å². The van der Waals surface area contributed by atoms with E-state index in [4.69, 9.17) is 10.6 Å². The van der Waals surface area contributed by atoms with Gasteiger partial charge in [-0.15, -0.1) is 0 Å². The van der Waals surface area contributed by atoms with Crippen molar-refractivity contribution in [2.45, 2.75) is 26.0 Å². The number of rotatable bonds is 4. The maximum Gasteiger partial charge on any atom is 0.258 e. The Morgan fingerprint density at radius 2 is 1.77 bits per heavy atom. The van der Waals surface area contributed by atoms with Crippen LogP contribution in [0.2, 0.25) is 0 Å². The van der Waals surface area contributed by atoms with Crippen molar-refractivity contribution in [3.63, 3.8) is 0 Å². The molecule has 0 saturated carbocycles. The zero-order valence-corrected chi connectivity index (χ0v) is 12.3. The number of amides is 2. The fraction of sp³-hybridized carbons (Fsp3) is 0.250. The summed E-state index contributed by atoms with van der Waals surface area (Å²) >= 11 is 0. The molecule has 2 amide bonds. The third kappa shape index (κ3) is 2.32. The number of nitrogens with two attached hydrogens (primary N) is 1. The van der Waals surface area contributed by atoms with Crippen LogP contribution in [0.4, 0.5) is 5.69 Å². The summed E-state index contributed by atoms with van der Waals surface area (Å²) in [6.07, 6.45) is -0.184. The van der Waals surface area contributed by atoms with E-state index >= 15 is 0 Å². The number of nitrogens with one attached hydrogen (secondary N) is 2. The Labute approximate surface area is 127 Å². The monoisotopic (exact) mass is 299 g/mol. The van der Waals surface area contributed by atoms with Gasteiger partial charge in [-0.25, -0.2) is 0 Å². The summed E-state index contributed by atoms with van der Waals surface area (Å²) in [5.74, 6) is -0.768. The second kappa shape index (κ2) is 5.40. The van der Waals surface area contributed by atoms with Crippen molar-refractivity contribution in [3.8, 4) is 0 Å². The van der Waals surface area contributed by atoms with Gasteiger partial charge >= 0.3 is 0 Å². The van der Waals surface area contributed by atoms with Crippen molar-refractivity contribution in [1.29, 1.82) is 0 Å². The maximum atomic E-state index is 11.9. The van der Waals surface area contributed by atoms with Gasteiger partial charge in [-0.1, -0.05) is 12.1 Å². The lowest BCUT2D eigenvalue weighted by Gasteiger charge is -2.21. The van der Waals surface area contributed by atoms with E-state index in [1.165, 1.54) is 0 Å². The average molecular weight is 299 g/mol. The Morgan fingerprint density at radius 1 is 1.09 bits per heavy atom. The van der Waals surface area contributed by atoms with Gasteiger partial charge in [0.25, 0.3) is 11.8 Å². The van der Waals surface area contributed by atoms with Gasteiger partial charge < -0.3 is 5.73 Å². The largest absolute Gasteiger partial charge is 0.326 e. The highest BCUT2D eigenvalue weighted by molar-refractivity contribution is 6.26. The molecular formula is C16H17N3O3. The molecule has 4 N–H and O–H groups in total. The van der Waals surface area contributed by atoms with Crippen LogP contribution in [0.5, 0.6) is 0 Å². The second-order valence-electron chi connectivity index (χ2n) is 5.46. The minimum Gasteiger partial charge on any atom is -0.326 e. The van der Waals surface area contributed by atoms with E-state index in [1.807, 2.05) is 19.9 Å². The fourth-order valence-corrected chi connectivity index (χ4v) is 2.38. The SMILES string of the molecule is CC(N)C(C)ONc1ccc2c3c(cccc13)C(=O)NC2=O. The number of carbonyl (C=O) groups excluding carboxylic acids is 2. The van der Waals surface area contributed by atoms with Gasteiger partial charge in [-0.2, -0.15) is 0 Å². The van der Waals surface area contributed by atoms with Crippen molar-refractivity contribution in [2.24, 2.45) is 5.73 Å². The Balaban J connectivity index is 2.07. The molecule has 6 nitrogen and oxygen atoms in total. The van der Waals surface area contributed by atoms with Crippen molar-refractivity contribution in [1.82, 2.24) is 5.32 Å². The zero-order valence-electron chi connectivity index (χ0n) is 12.3. The molecule has 0 bridgehead atoms. The Morgan fingerprint density at radius 3 is 2.45 bits per heavy atom. The van der Waals surface area contributed by atoms with Gasteiger partial charge in [0, 0.05) is 27.9 Å². The first kappa shape index (κ1) is 14.5. The summed E-state index contributed by atoms with van der Waals surface area (Å²) in [7, 11) is 0. The Hall–Kier alpha value is -2.44. The highest BCUT2D eigenvalue weighted by Crippen LogP contribution is 2.32. The van der Waals surface area contributed by atoms with Crippen LogP contribution in [0.15, 0.2) is 30.3 Å². The molecule has 3 rings (SSSR count). The number of imide groups is 1. The van der Waals surface area contributed by atoms with Crippen LogP contribution in [0.3, 0.4) is 0 Å². The molecule has 0 fully saturated rings. The fourth-order valence-electron chi connectivity index (χ4n) is 2.38. The predicted octanol–water partition coefficient (Wildman–Crippen LogP) is 1.80. The molecule has 0 radical (unpaired) electrons. The van der Waals surface area contributed by atoms with Crippen LogP contribution in [-0.2, 0) is 4.84 Å². The molecule has 2 aromatic carbocycles. The van der Waals surface area contributed by atoms with Crippen molar-refractivity contribution < 1.29 is 14.4 Å². The lowest BCUT2D eigenvalue weighted by atomic mass is 9.94. The predicted molar refractivity (Wildman–Crippen MR) is 83.6 cm³/mol. The quantitative estimate of drug-likeness (QED) is 0.591. The summed E-state index contributed by atoms with van der Waals surface area (Å²) < 4.78 is 0. The summed E-state index contributed by atoms with van der Waals surface area (Å²) in [6.45, 7) is 3.72. The van der Waals surface area contributed by atoms with Gasteiger partial charge in [0.05, 0.1) is 11.8 Å². The number of carbonyl (C=O) groups is 2. The second-order valence-corrected chi connectivity index (χ2v) is 5.46. The highest BCUT2D eigenvalue weighted by Gasteiger charge is 2.25. The molecule has 114 valence electrons. The molecule has 0 spiro atoms. The smallest absolute Gasteiger partial charge is 0.258 e. The number of hydrogen-bond acceptors (Lipinski definition) is 5. The lowest BCUT2D eigenvalue weighted by molar-refractivity contribution is 0.0844. The van der Waals surface area contributed by atoms with E-state index in [2.05, 4.69) is 10.8 Å². The summed E-state index contributed by atoms with van der Waals surface area (Å²) in [6, 6.07) is 8.62. The minimum absolute atomic E-state index is 0.125. The molecule has 0 aliphatic carbocycles. The molecule has 2 atom stereocenters. The van der Waals surface area contributed by atoms with Crippen molar-refractivity contribution in [3.05, 3.63) is 41.5 Å². The molecule has 1 aliphatic rings. The van der Waals surface area contributed by atoms with E-state index < -0.39 is 0 Å². The van der Waals surface area contributed by atoms with Crippen LogP contribution in [0, 0.1) is 0 Å². The van der Waals surface area contributed by atoms with Gasteiger partial charge in [-0.3, -0.25) is 25.2 Å². The van der Waals surface area contributed by atoms with Crippen LogP contribution in [0.1, 0.15) is 34.6 Å². The van der Waals surface area contributed by atoms with Crippen LogP contribution >= 0.6 is 0 Å². The Bertz CT molecular complexity index is 750. The minimum atomic E-state index is -0.384. The van der Waals surface area contributed by atoms with E-state index in [1.54, 1.807) is 24.3 Å². The summed E-state index contributed by atoms with van der Waals surface area (Å²) in [4.78, 5) is 29.4. The average Bonchev–Trinajstić information content (AvgIpc) is 2.50. The maximum absolute atomic E-state index is 11.9. The zero-order chi connectivity index (χ0) is 15.9. The highest BCUT2D eigenvalue weighted by atomic mass is 16.7. The lowest BCUT2D eigenvalue weighted by Crippen LogP contribution is -2.35. The molecule has 2 unspecified atom stereocenters. The molecule has 0 aromatic heterocycles. The Kier molecular flexibility index (Phi) is 3.56. The standard InChI is InChI=1S/C16H17N3O3/c1-8(17)9(2)22-19-13-7-6-12-14-10(13)4-3-5-11(14)15(20)18-16(12)21/h3-9,19H,17H2,1-2H3,(H,18,20,21). The molecule has 1 heterocycles. The van der Waals surface area contributed by atoms with Crippen molar-refractivity contribution in [2.75, 3.05) is 5.48 Å². The molecule has 0 saturated heterocycles. The summed E-state index contributed by atoms with van der Waals surface area (Å²) in [5.41, 5.74) is 10.3. The molecule has 22 heavy (non-hydrogen) atoms. The molecule has 1 aliphatic heterocycles. The summed E-state index contributed by atoms with van der Waals surface area (Å²) in [5, 5.41) is 3.73. The van der Waals surface area contributed by atoms with E-state index in [0.717, 1.165) is 5.39 Å². The molecule has 2 aromatic rings. The van der Waals surface area contributed by atoms with Gasteiger partial charge in [0.1, 0.15) is 0 Å². The number of anilines is 1. The van der Waals surface area contributed by atoms with E-state index in [-0.39, 0.29) is 24.0 Å². The number of hydrogen-bond donors (Lipinski definition) is 3. The van der Waals surface area contributed by atoms with Gasteiger partial charge in [-0.05, 0) is 32.0 Å². The van der Waals surface area contributed by atoms with Crippen LogP contribution in [0.25, 0.3) is 10.8 Å². The van der Waals surface area contributed by atoms with Gasteiger partial charge in [0.2, 0.25) is 0 Å². The van der Waals surface area contributed by atoms with Crippen LogP contribution in [-0.4, -0.2) is 24.0 Å². The number of benzene rings is 2. The first-order chi connectivity index (χ1) is 10.5. The van der Waals surface area contributed by atoms with Gasteiger partial charge in [0.15, 0.2) is 0 Å². The van der Waals surface area contributed by atoms with E-state index in [0.29, 0.717) is 22.2 Å².